The third-order valence-corrected chi connectivity index (χ3v) is 5.21. The fraction of sp³-hybridized carbons (Fsp3) is 0.600. The maximum absolute atomic E-state index is 13.1. The second-order valence-electron chi connectivity index (χ2n) is 7.83. The number of nitrogens with one attached hydrogen (secondary N) is 4. The maximum atomic E-state index is 13.1. The molecule has 5 atom stereocenters. The lowest BCUT2D eigenvalue weighted by Crippen LogP contribution is -2.59. The van der Waals surface area contributed by atoms with Crippen molar-refractivity contribution < 1.29 is 39.3 Å². The highest BCUT2D eigenvalue weighted by molar-refractivity contribution is 5.94. The number of aliphatic hydroxyl groups is 1. The molecular weight excluding hydrogens is 452 g/mol. The van der Waals surface area contributed by atoms with Crippen LogP contribution in [-0.4, -0.2) is 85.7 Å². The van der Waals surface area contributed by atoms with Crippen molar-refractivity contribution >= 4 is 29.7 Å². The Morgan fingerprint density at radius 2 is 1.71 bits per heavy atom. The van der Waals surface area contributed by atoms with E-state index in [1.54, 1.807) is 13.8 Å². The summed E-state index contributed by atoms with van der Waals surface area (Å²) in [6.45, 7) is 2.63. The number of aromatic nitrogens is 2. The van der Waals surface area contributed by atoms with Crippen LogP contribution >= 0.6 is 0 Å². The zero-order valence-electron chi connectivity index (χ0n) is 19.0. The number of H-pyrrole nitrogens is 1. The summed E-state index contributed by atoms with van der Waals surface area (Å²) in [7, 11) is 0. The van der Waals surface area contributed by atoms with Crippen molar-refractivity contribution in [2.24, 2.45) is 11.7 Å². The van der Waals surface area contributed by atoms with Crippen LogP contribution in [0.2, 0.25) is 0 Å². The highest BCUT2D eigenvalue weighted by Gasteiger charge is 2.32. The molecular formula is C20H32N6O8. The first kappa shape index (κ1) is 28.5. The van der Waals surface area contributed by atoms with Gasteiger partial charge in [-0.15, -0.1) is 0 Å². The van der Waals surface area contributed by atoms with Gasteiger partial charge in [0.15, 0.2) is 0 Å². The smallest absolute Gasteiger partial charge is 0.328 e. The topological polar surface area (TPSA) is 237 Å². The Hall–Kier alpha value is -3.52. The van der Waals surface area contributed by atoms with Gasteiger partial charge in [-0.25, -0.2) is 9.78 Å². The first-order chi connectivity index (χ1) is 16.0. The molecule has 0 spiro atoms. The van der Waals surface area contributed by atoms with Gasteiger partial charge in [-0.3, -0.25) is 19.2 Å². The highest BCUT2D eigenvalue weighted by Crippen LogP contribution is 2.10. The molecule has 0 aliphatic rings. The molecule has 3 amide bonds. The SMILES string of the molecule is CCC(C)C(NC(=O)C(N)CCC(=O)O)C(=O)NC(Cc1cnc[nH]1)C(=O)NC(CO)C(=O)O. The number of carboxylic acid groups (broad SMARTS) is 2. The number of aromatic amines is 1. The van der Waals surface area contributed by atoms with E-state index in [1.807, 2.05) is 0 Å². The molecule has 9 N–H and O–H groups in total. The van der Waals surface area contributed by atoms with Gasteiger partial charge >= 0.3 is 11.9 Å². The van der Waals surface area contributed by atoms with Crippen molar-refractivity contribution in [3.05, 3.63) is 18.2 Å². The van der Waals surface area contributed by atoms with Crippen LogP contribution in [0.25, 0.3) is 0 Å². The molecule has 0 radical (unpaired) electrons. The first-order valence-corrected chi connectivity index (χ1v) is 10.7. The number of hydrogen-bond donors (Lipinski definition) is 8. The van der Waals surface area contributed by atoms with Gasteiger partial charge in [0.25, 0.3) is 0 Å². The highest BCUT2D eigenvalue weighted by atomic mass is 16.4. The average molecular weight is 485 g/mol. The average Bonchev–Trinajstić information content (AvgIpc) is 3.30. The summed E-state index contributed by atoms with van der Waals surface area (Å²) in [5.74, 6) is -5.25. The maximum Gasteiger partial charge on any atom is 0.328 e. The monoisotopic (exact) mass is 484 g/mol. The molecule has 0 saturated heterocycles. The number of rotatable bonds is 15. The Bertz CT molecular complexity index is 846. The largest absolute Gasteiger partial charge is 0.481 e. The molecule has 0 bridgehead atoms. The number of nitrogens with zero attached hydrogens (tertiary/aromatic N) is 1. The lowest BCUT2D eigenvalue weighted by atomic mass is 9.97. The molecule has 14 nitrogen and oxygen atoms in total. The fourth-order valence-electron chi connectivity index (χ4n) is 2.92. The molecule has 1 aromatic heterocycles. The van der Waals surface area contributed by atoms with Gasteiger partial charge < -0.3 is 42.0 Å². The standard InChI is InChI=1S/C20H32N6O8/c1-3-10(2)16(26-17(30)12(21)4-5-15(28)29)19(32)24-13(6-11-7-22-9-23-11)18(31)25-14(8-27)20(33)34/h7,9-10,12-14,16,27H,3-6,8,21H2,1-2H3,(H,22,23)(H,24,32)(H,25,31)(H,26,30)(H,28,29)(H,33,34). The van der Waals surface area contributed by atoms with Crippen molar-refractivity contribution in [2.75, 3.05) is 6.61 Å². The lowest BCUT2D eigenvalue weighted by molar-refractivity contribution is -0.143. The third-order valence-electron chi connectivity index (χ3n) is 5.21. The molecule has 0 fully saturated rings. The van der Waals surface area contributed by atoms with Crippen LogP contribution < -0.4 is 21.7 Å². The van der Waals surface area contributed by atoms with E-state index in [9.17, 15) is 29.1 Å². The van der Waals surface area contributed by atoms with Crippen LogP contribution in [0.4, 0.5) is 0 Å². The Morgan fingerprint density at radius 1 is 1.06 bits per heavy atom. The summed E-state index contributed by atoms with van der Waals surface area (Å²) in [4.78, 5) is 66.7. The summed E-state index contributed by atoms with van der Waals surface area (Å²) < 4.78 is 0. The van der Waals surface area contributed by atoms with Crippen LogP contribution in [0.15, 0.2) is 12.5 Å². The van der Waals surface area contributed by atoms with Crippen LogP contribution in [0.5, 0.6) is 0 Å². The van der Waals surface area contributed by atoms with E-state index in [1.165, 1.54) is 12.5 Å². The number of nitrogens with two attached hydrogens (primary N) is 1. The predicted octanol–water partition coefficient (Wildman–Crippen LogP) is -2.28. The molecule has 190 valence electrons. The van der Waals surface area contributed by atoms with E-state index in [-0.39, 0.29) is 25.2 Å². The van der Waals surface area contributed by atoms with Gasteiger partial charge in [-0.1, -0.05) is 20.3 Å². The molecule has 5 unspecified atom stereocenters. The van der Waals surface area contributed by atoms with Crippen LogP contribution in [0, 0.1) is 5.92 Å². The van der Waals surface area contributed by atoms with Crippen molar-refractivity contribution in [1.82, 2.24) is 25.9 Å². The minimum Gasteiger partial charge on any atom is -0.481 e. The summed E-state index contributed by atoms with van der Waals surface area (Å²) in [5, 5.41) is 34.2. The number of carboxylic acids is 2. The number of carbonyl (C=O) groups is 5. The number of amides is 3. The minimum atomic E-state index is -1.58. The van der Waals surface area contributed by atoms with E-state index in [4.69, 9.17) is 15.9 Å². The van der Waals surface area contributed by atoms with Crippen molar-refractivity contribution in [3.63, 3.8) is 0 Å². The number of hydrogen-bond acceptors (Lipinski definition) is 8. The lowest BCUT2D eigenvalue weighted by Gasteiger charge is -2.27. The Balaban J connectivity index is 3.02. The molecule has 14 heteroatoms. The quantitative estimate of drug-likeness (QED) is 0.133. The fourth-order valence-corrected chi connectivity index (χ4v) is 2.92. The summed E-state index contributed by atoms with van der Waals surface area (Å²) >= 11 is 0. The van der Waals surface area contributed by atoms with Gasteiger partial charge in [-0.2, -0.15) is 0 Å². The van der Waals surface area contributed by atoms with Gasteiger partial charge in [0.1, 0.15) is 18.1 Å². The van der Waals surface area contributed by atoms with Crippen molar-refractivity contribution in [3.8, 4) is 0 Å². The molecule has 0 aliphatic heterocycles. The molecule has 0 aromatic carbocycles. The van der Waals surface area contributed by atoms with Crippen LogP contribution in [0.1, 0.15) is 38.8 Å². The van der Waals surface area contributed by atoms with Gasteiger partial charge in [-0.05, 0) is 12.3 Å². The van der Waals surface area contributed by atoms with Crippen LogP contribution in [0.3, 0.4) is 0 Å². The molecule has 1 aromatic rings. The molecule has 1 rings (SSSR count). The van der Waals surface area contributed by atoms with Crippen molar-refractivity contribution in [2.45, 2.75) is 63.7 Å². The normalized spacial score (nSPS) is 15.3. The van der Waals surface area contributed by atoms with Gasteiger partial charge in [0.2, 0.25) is 17.7 Å². The zero-order chi connectivity index (χ0) is 25.8. The summed E-state index contributed by atoms with van der Waals surface area (Å²) in [5.41, 5.74) is 6.20. The molecule has 0 saturated carbocycles. The summed E-state index contributed by atoms with van der Waals surface area (Å²) in [6.07, 6.45) is 2.74. The van der Waals surface area contributed by atoms with E-state index in [0.717, 1.165) is 0 Å². The van der Waals surface area contributed by atoms with Gasteiger partial charge in [0.05, 0.1) is 19.0 Å². The third kappa shape index (κ3) is 9.15. The minimum absolute atomic E-state index is 0.0748. The zero-order valence-corrected chi connectivity index (χ0v) is 19.0. The Labute approximate surface area is 195 Å². The predicted molar refractivity (Wildman–Crippen MR) is 117 cm³/mol. The van der Waals surface area contributed by atoms with E-state index in [2.05, 4.69) is 25.9 Å². The number of aliphatic hydroxyl groups excluding tert-OH is 1. The molecule has 1 heterocycles. The molecule has 0 aliphatic carbocycles. The molecule has 34 heavy (non-hydrogen) atoms. The Morgan fingerprint density at radius 3 is 2.21 bits per heavy atom. The first-order valence-electron chi connectivity index (χ1n) is 10.7. The van der Waals surface area contributed by atoms with E-state index in [0.29, 0.717) is 12.1 Å². The number of aliphatic carboxylic acids is 2. The van der Waals surface area contributed by atoms with E-state index >= 15 is 0 Å². The van der Waals surface area contributed by atoms with Crippen molar-refractivity contribution in [1.29, 1.82) is 0 Å². The second kappa shape index (κ2) is 13.9. The van der Waals surface area contributed by atoms with E-state index < -0.39 is 60.4 Å². The summed E-state index contributed by atoms with van der Waals surface area (Å²) in [6, 6.07) is -5.09. The number of imidazole rings is 1. The Kier molecular flexibility index (Phi) is 11.7. The number of carbonyl (C=O) groups excluding carboxylic acids is 3. The van der Waals surface area contributed by atoms with Gasteiger partial charge in [0, 0.05) is 24.7 Å². The van der Waals surface area contributed by atoms with Crippen LogP contribution in [-0.2, 0) is 30.4 Å². The second-order valence-corrected chi connectivity index (χ2v) is 7.83.